The summed E-state index contributed by atoms with van der Waals surface area (Å²) in [5, 5.41) is -0.554. The molecule has 9 atom stereocenters. The van der Waals surface area contributed by atoms with Crippen LogP contribution in [0.3, 0.4) is 0 Å². The lowest BCUT2D eigenvalue weighted by molar-refractivity contribution is -0.150. The van der Waals surface area contributed by atoms with Crippen molar-refractivity contribution in [3.05, 3.63) is 11.6 Å². The van der Waals surface area contributed by atoms with Crippen LogP contribution in [0.1, 0.15) is 112 Å². The van der Waals surface area contributed by atoms with Gasteiger partial charge < -0.3 is 4.74 Å². The van der Waals surface area contributed by atoms with Crippen LogP contribution in [0.2, 0.25) is 0 Å². The molecule has 0 aromatic heterocycles. The minimum Gasteiger partial charge on any atom is -0.461 e. The first-order valence-electron chi connectivity index (χ1n) is 14.1. The average molecular weight is 477 g/mol. The fourth-order valence-corrected chi connectivity index (χ4v) is 9.06. The highest BCUT2D eigenvalue weighted by molar-refractivity contribution is 6.29. The summed E-state index contributed by atoms with van der Waals surface area (Å²) in [4.78, 5) is 12.1. The van der Waals surface area contributed by atoms with E-state index in [1.54, 1.807) is 12.5 Å². The molecule has 0 aromatic carbocycles. The van der Waals surface area contributed by atoms with Crippen LogP contribution in [0.25, 0.3) is 0 Å². The van der Waals surface area contributed by atoms with E-state index in [2.05, 4.69) is 40.7 Å². The normalized spacial score (nSPS) is 42.1. The summed E-state index contributed by atoms with van der Waals surface area (Å²) in [6, 6.07) is 0. The van der Waals surface area contributed by atoms with Gasteiger partial charge in [-0.1, -0.05) is 65.5 Å². The van der Waals surface area contributed by atoms with Crippen LogP contribution in [0.5, 0.6) is 0 Å². The molecule has 2 nitrogen and oxygen atoms in total. The molecule has 3 saturated carbocycles. The zero-order valence-corrected chi connectivity index (χ0v) is 22.9. The number of allylic oxidation sites excluding steroid dienone is 1. The van der Waals surface area contributed by atoms with E-state index in [4.69, 9.17) is 16.3 Å². The molecule has 3 heteroatoms. The van der Waals surface area contributed by atoms with Crippen LogP contribution in [-0.4, -0.2) is 17.5 Å². The van der Waals surface area contributed by atoms with E-state index in [0.29, 0.717) is 10.8 Å². The molecule has 0 unspecified atom stereocenters. The second kappa shape index (κ2) is 9.87. The number of alkyl halides is 1. The minimum absolute atomic E-state index is 0.0194. The number of carbonyl (C=O) groups excluding carboxylic acids is 1. The summed E-state index contributed by atoms with van der Waals surface area (Å²) in [6.45, 7) is 14.2. The number of esters is 1. The van der Waals surface area contributed by atoms with E-state index < -0.39 is 5.38 Å². The zero-order chi connectivity index (χ0) is 24.0. The van der Waals surface area contributed by atoms with Crippen molar-refractivity contribution in [2.75, 3.05) is 0 Å². The predicted octanol–water partition coefficient (Wildman–Crippen LogP) is 8.57. The van der Waals surface area contributed by atoms with Crippen molar-refractivity contribution in [2.45, 2.75) is 124 Å². The Balaban J connectivity index is 1.45. The summed E-state index contributed by atoms with van der Waals surface area (Å²) in [5.74, 6) is 4.93. The van der Waals surface area contributed by atoms with Crippen molar-refractivity contribution < 1.29 is 9.53 Å². The Morgan fingerprint density at radius 3 is 2.52 bits per heavy atom. The third-order valence-corrected chi connectivity index (χ3v) is 11.0. The highest BCUT2D eigenvalue weighted by Crippen LogP contribution is 2.67. The van der Waals surface area contributed by atoms with Crippen molar-refractivity contribution in [3.63, 3.8) is 0 Å². The Kier molecular flexibility index (Phi) is 7.65. The predicted molar refractivity (Wildman–Crippen MR) is 138 cm³/mol. The number of hydrogen-bond acceptors (Lipinski definition) is 2. The van der Waals surface area contributed by atoms with E-state index in [9.17, 15) is 4.79 Å². The Bertz CT molecular complexity index is 742. The van der Waals surface area contributed by atoms with Crippen molar-refractivity contribution in [1.82, 2.24) is 0 Å². The van der Waals surface area contributed by atoms with Crippen LogP contribution in [0.15, 0.2) is 11.6 Å². The second-order valence-electron chi connectivity index (χ2n) is 13.2. The van der Waals surface area contributed by atoms with Gasteiger partial charge in [0.1, 0.15) is 11.5 Å². The van der Waals surface area contributed by atoms with E-state index in [1.807, 2.05) is 0 Å². The van der Waals surface area contributed by atoms with E-state index in [0.717, 1.165) is 54.8 Å². The fraction of sp³-hybridized carbons (Fsp3) is 0.900. The van der Waals surface area contributed by atoms with Crippen molar-refractivity contribution in [1.29, 1.82) is 0 Å². The third kappa shape index (κ3) is 4.81. The van der Waals surface area contributed by atoms with Gasteiger partial charge in [0.25, 0.3) is 0 Å². The van der Waals surface area contributed by atoms with Gasteiger partial charge in [-0.05, 0) is 98.2 Å². The smallest absolute Gasteiger partial charge is 0.324 e. The van der Waals surface area contributed by atoms with Gasteiger partial charge in [0, 0.05) is 6.42 Å². The fourth-order valence-electron chi connectivity index (χ4n) is 9.01. The Morgan fingerprint density at radius 1 is 1.06 bits per heavy atom. The zero-order valence-electron chi connectivity index (χ0n) is 22.2. The molecule has 0 aromatic rings. The maximum absolute atomic E-state index is 12.1. The summed E-state index contributed by atoms with van der Waals surface area (Å²) in [7, 11) is 0. The molecule has 4 aliphatic rings. The molecule has 0 aliphatic heterocycles. The molecule has 0 N–H and O–H groups in total. The molecule has 188 valence electrons. The number of halogens is 1. The number of ether oxygens (including phenoxy) is 1. The standard InChI is InChI=1S/C30H49ClO2/c1-19(2)8-7-9-20(3)25-12-13-26-24-11-10-22-18-23(33-28(32)21(4)31)14-16-29(22,5)27(24)15-17-30(25,26)6/h10,19-21,23-27H,7-9,11-18H2,1-6H3/t20-,21-,23+,24-,25+,26-,27-,29+,30-/m1/s1. The molecule has 0 heterocycles. The number of carbonyl (C=O) groups is 1. The molecule has 0 bridgehead atoms. The quantitative estimate of drug-likeness (QED) is 0.209. The van der Waals surface area contributed by atoms with Crippen LogP contribution in [0, 0.1) is 46.3 Å². The molecular weight excluding hydrogens is 428 g/mol. The first kappa shape index (κ1) is 25.6. The van der Waals surface area contributed by atoms with Gasteiger partial charge in [-0.25, -0.2) is 0 Å². The number of fused-ring (bicyclic) bond motifs is 5. The topological polar surface area (TPSA) is 26.3 Å². The lowest BCUT2D eigenvalue weighted by Gasteiger charge is -2.58. The SMILES string of the molecule is CC(C)CCC[C@@H](C)[C@@H]1CC[C@@H]2[C@H]3CC=C4C[C@@H](OC(=O)[C@@H](C)Cl)CC[C@]4(C)[C@@H]3CC[C@@]21C. The van der Waals surface area contributed by atoms with Crippen LogP contribution in [-0.2, 0) is 9.53 Å². The van der Waals surface area contributed by atoms with E-state index in [-0.39, 0.29) is 12.1 Å². The molecule has 0 radical (unpaired) electrons. The van der Waals surface area contributed by atoms with E-state index in [1.165, 1.54) is 51.4 Å². The van der Waals surface area contributed by atoms with Crippen LogP contribution >= 0.6 is 11.6 Å². The van der Waals surface area contributed by atoms with Gasteiger partial charge in [-0.3, -0.25) is 4.79 Å². The highest BCUT2D eigenvalue weighted by Gasteiger charge is 2.59. The number of rotatable bonds is 7. The van der Waals surface area contributed by atoms with Crippen LogP contribution < -0.4 is 0 Å². The van der Waals surface area contributed by atoms with Gasteiger partial charge in [0.05, 0.1) is 0 Å². The Hall–Kier alpha value is -0.500. The lowest BCUT2D eigenvalue weighted by Crippen LogP contribution is -2.51. The van der Waals surface area contributed by atoms with Crippen molar-refractivity contribution >= 4 is 17.6 Å². The Labute approximate surface area is 208 Å². The summed E-state index contributed by atoms with van der Waals surface area (Å²) in [5.41, 5.74) is 2.43. The minimum atomic E-state index is -0.554. The summed E-state index contributed by atoms with van der Waals surface area (Å²) < 4.78 is 5.74. The maximum atomic E-state index is 12.1. The van der Waals surface area contributed by atoms with Crippen molar-refractivity contribution in [3.8, 4) is 0 Å². The third-order valence-electron chi connectivity index (χ3n) is 10.9. The van der Waals surface area contributed by atoms with Gasteiger partial charge in [0.15, 0.2) is 0 Å². The van der Waals surface area contributed by atoms with Crippen LogP contribution in [0.4, 0.5) is 0 Å². The molecule has 0 amide bonds. The summed E-state index contributed by atoms with van der Waals surface area (Å²) >= 11 is 5.95. The second-order valence-corrected chi connectivity index (χ2v) is 13.9. The molecule has 0 spiro atoms. The Morgan fingerprint density at radius 2 is 1.82 bits per heavy atom. The lowest BCUT2D eigenvalue weighted by atomic mass is 9.47. The molecule has 4 aliphatic carbocycles. The molecule has 33 heavy (non-hydrogen) atoms. The molecule has 0 saturated heterocycles. The van der Waals surface area contributed by atoms with Crippen molar-refractivity contribution in [2.24, 2.45) is 46.3 Å². The molecule has 3 fully saturated rings. The molecule has 4 rings (SSSR count). The van der Waals surface area contributed by atoms with Gasteiger partial charge in [-0.2, -0.15) is 0 Å². The highest BCUT2D eigenvalue weighted by atomic mass is 35.5. The largest absolute Gasteiger partial charge is 0.461 e. The van der Waals surface area contributed by atoms with Gasteiger partial charge >= 0.3 is 5.97 Å². The first-order valence-corrected chi connectivity index (χ1v) is 14.5. The van der Waals surface area contributed by atoms with E-state index >= 15 is 0 Å². The van der Waals surface area contributed by atoms with Gasteiger partial charge in [0.2, 0.25) is 0 Å². The number of hydrogen-bond donors (Lipinski definition) is 0. The van der Waals surface area contributed by atoms with Gasteiger partial charge in [-0.15, -0.1) is 11.6 Å². The average Bonchev–Trinajstić information content (AvgIpc) is 3.11. The molecular formula is C30H49ClO2. The maximum Gasteiger partial charge on any atom is 0.324 e. The summed E-state index contributed by atoms with van der Waals surface area (Å²) in [6.07, 6.45) is 16.8. The first-order chi connectivity index (χ1) is 15.6. The monoisotopic (exact) mass is 476 g/mol.